The first-order chi connectivity index (χ1) is 11.5. The molecule has 2 aliphatic rings. The van der Waals surface area contributed by atoms with Gasteiger partial charge < -0.3 is 10.2 Å². The van der Waals surface area contributed by atoms with Gasteiger partial charge in [0.1, 0.15) is 4.21 Å². The van der Waals surface area contributed by atoms with Gasteiger partial charge in [-0.05, 0) is 42.4 Å². The third-order valence-corrected chi connectivity index (χ3v) is 8.68. The summed E-state index contributed by atoms with van der Waals surface area (Å²) in [6.07, 6.45) is 5.00. The number of piperazine rings is 1. The molecule has 0 radical (unpaired) electrons. The molecule has 24 heavy (non-hydrogen) atoms. The molecule has 1 aliphatic carbocycles. The first-order valence-electron chi connectivity index (χ1n) is 8.57. The van der Waals surface area contributed by atoms with Crippen LogP contribution in [-0.4, -0.2) is 55.0 Å². The number of nitrogens with one attached hydrogen (secondary N) is 1. The van der Waals surface area contributed by atoms with Crippen LogP contribution in [0.3, 0.4) is 0 Å². The van der Waals surface area contributed by atoms with Crippen LogP contribution < -0.4 is 5.32 Å². The van der Waals surface area contributed by atoms with Crippen molar-refractivity contribution < 1.29 is 8.42 Å². The molecular formula is C16H25N3O2S3. The highest BCUT2D eigenvalue weighted by Crippen LogP contribution is 2.25. The molecule has 1 aromatic heterocycles. The molecule has 2 atom stereocenters. The molecule has 1 aliphatic heterocycles. The van der Waals surface area contributed by atoms with Gasteiger partial charge >= 0.3 is 0 Å². The number of hydrogen-bond donors (Lipinski definition) is 1. The van der Waals surface area contributed by atoms with E-state index in [0.717, 1.165) is 5.11 Å². The minimum absolute atomic E-state index is 0.424. The van der Waals surface area contributed by atoms with E-state index in [1.165, 1.54) is 37.0 Å². The maximum Gasteiger partial charge on any atom is 0.252 e. The zero-order valence-electron chi connectivity index (χ0n) is 14.0. The van der Waals surface area contributed by atoms with E-state index in [1.54, 1.807) is 21.8 Å². The predicted molar refractivity (Wildman–Crippen MR) is 102 cm³/mol. The Hall–Kier alpha value is -0.700. The van der Waals surface area contributed by atoms with Crippen molar-refractivity contribution >= 4 is 38.7 Å². The Morgan fingerprint density at radius 3 is 2.58 bits per heavy atom. The van der Waals surface area contributed by atoms with Crippen LogP contribution in [0, 0.1) is 5.92 Å². The first kappa shape index (κ1) is 18.1. The SMILES string of the molecule is C[C@H]1CCCC[C@@H]1NC(=S)N1CCN(S(=O)(=O)c2cccs2)CC1. The Morgan fingerprint density at radius 1 is 1.25 bits per heavy atom. The van der Waals surface area contributed by atoms with E-state index < -0.39 is 10.0 Å². The minimum Gasteiger partial charge on any atom is -0.360 e. The lowest BCUT2D eigenvalue weighted by Crippen LogP contribution is -2.55. The molecule has 2 heterocycles. The molecule has 0 spiro atoms. The lowest BCUT2D eigenvalue weighted by Gasteiger charge is -2.38. The summed E-state index contributed by atoms with van der Waals surface area (Å²) in [5, 5.41) is 6.09. The number of thiophene rings is 1. The second-order valence-corrected chi connectivity index (χ2v) is 10.1. The summed E-state index contributed by atoms with van der Waals surface area (Å²) in [5.74, 6) is 0.650. The van der Waals surface area contributed by atoms with Gasteiger partial charge in [-0.15, -0.1) is 11.3 Å². The van der Waals surface area contributed by atoms with Crippen molar-refractivity contribution in [2.45, 2.75) is 42.9 Å². The normalized spacial score (nSPS) is 26.3. The predicted octanol–water partition coefficient (Wildman–Crippen LogP) is 2.51. The Labute approximate surface area is 154 Å². The zero-order valence-corrected chi connectivity index (χ0v) is 16.4. The van der Waals surface area contributed by atoms with Gasteiger partial charge in [-0.25, -0.2) is 8.42 Å². The van der Waals surface area contributed by atoms with Crippen LogP contribution >= 0.6 is 23.6 Å². The highest BCUT2D eigenvalue weighted by Gasteiger charge is 2.31. The van der Waals surface area contributed by atoms with E-state index in [0.29, 0.717) is 42.3 Å². The fraction of sp³-hybridized carbons (Fsp3) is 0.688. The molecule has 1 saturated carbocycles. The van der Waals surface area contributed by atoms with E-state index >= 15 is 0 Å². The van der Waals surface area contributed by atoms with E-state index in [-0.39, 0.29) is 0 Å². The maximum atomic E-state index is 12.6. The van der Waals surface area contributed by atoms with Crippen molar-refractivity contribution in [2.75, 3.05) is 26.2 Å². The van der Waals surface area contributed by atoms with E-state index in [1.807, 2.05) is 0 Å². The second-order valence-electron chi connectivity index (χ2n) is 6.64. The van der Waals surface area contributed by atoms with Crippen LogP contribution in [0.1, 0.15) is 32.6 Å². The monoisotopic (exact) mass is 387 g/mol. The Balaban J connectivity index is 1.54. The van der Waals surface area contributed by atoms with Crippen LogP contribution in [0.2, 0.25) is 0 Å². The topological polar surface area (TPSA) is 52.6 Å². The molecule has 2 fully saturated rings. The molecule has 1 aromatic rings. The lowest BCUT2D eigenvalue weighted by atomic mass is 9.86. The molecule has 0 amide bonds. The van der Waals surface area contributed by atoms with E-state index in [2.05, 4.69) is 17.1 Å². The molecule has 1 saturated heterocycles. The largest absolute Gasteiger partial charge is 0.360 e. The van der Waals surface area contributed by atoms with Crippen LogP contribution in [0.25, 0.3) is 0 Å². The molecule has 0 unspecified atom stereocenters. The third kappa shape index (κ3) is 3.92. The number of sulfonamides is 1. The molecule has 1 N–H and O–H groups in total. The van der Waals surface area contributed by atoms with Crippen molar-refractivity contribution in [3.05, 3.63) is 17.5 Å². The second kappa shape index (κ2) is 7.68. The summed E-state index contributed by atoms with van der Waals surface area (Å²) < 4.78 is 27.1. The van der Waals surface area contributed by atoms with Crippen molar-refractivity contribution in [3.8, 4) is 0 Å². The lowest BCUT2D eigenvalue weighted by molar-refractivity contribution is 0.251. The highest BCUT2D eigenvalue weighted by atomic mass is 32.2. The molecule has 5 nitrogen and oxygen atoms in total. The van der Waals surface area contributed by atoms with Gasteiger partial charge in [0.15, 0.2) is 5.11 Å². The number of nitrogens with zero attached hydrogens (tertiary/aromatic N) is 2. The van der Waals surface area contributed by atoms with Crippen molar-refractivity contribution in [1.29, 1.82) is 0 Å². The van der Waals surface area contributed by atoms with E-state index in [9.17, 15) is 8.42 Å². The van der Waals surface area contributed by atoms with Crippen LogP contribution in [0.15, 0.2) is 21.7 Å². The fourth-order valence-electron chi connectivity index (χ4n) is 3.45. The first-order valence-corrected chi connectivity index (χ1v) is 11.3. The molecule has 0 bridgehead atoms. The molecule has 3 rings (SSSR count). The Bertz CT molecular complexity index is 652. The van der Waals surface area contributed by atoms with Gasteiger partial charge in [-0.3, -0.25) is 0 Å². The summed E-state index contributed by atoms with van der Waals surface area (Å²) in [5.41, 5.74) is 0. The molecule has 134 valence electrons. The van der Waals surface area contributed by atoms with Gasteiger partial charge in [0.25, 0.3) is 10.0 Å². The number of rotatable bonds is 3. The number of hydrogen-bond acceptors (Lipinski definition) is 4. The molecular weight excluding hydrogens is 362 g/mol. The van der Waals surface area contributed by atoms with Gasteiger partial charge in [0.05, 0.1) is 0 Å². The van der Waals surface area contributed by atoms with Gasteiger partial charge in [-0.2, -0.15) is 4.31 Å². The van der Waals surface area contributed by atoms with Gasteiger partial charge in [0, 0.05) is 32.2 Å². The average molecular weight is 388 g/mol. The van der Waals surface area contributed by atoms with Crippen LogP contribution in [0.4, 0.5) is 0 Å². The van der Waals surface area contributed by atoms with Crippen molar-refractivity contribution in [3.63, 3.8) is 0 Å². The summed E-state index contributed by atoms with van der Waals surface area (Å²) in [7, 11) is -3.34. The smallest absolute Gasteiger partial charge is 0.252 e. The van der Waals surface area contributed by atoms with Crippen LogP contribution in [0.5, 0.6) is 0 Å². The highest BCUT2D eigenvalue weighted by molar-refractivity contribution is 7.91. The average Bonchev–Trinajstić information content (AvgIpc) is 3.12. The minimum atomic E-state index is -3.34. The Morgan fingerprint density at radius 2 is 1.96 bits per heavy atom. The fourth-order valence-corrected chi connectivity index (χ4v) is 6.35. The molecule has 8 heteroatoms. The molecule has 0 aromatic carbocycles. The summed E-state index contributed by atoms with van der Waals surface area (Å²) in [6.45, 7) is 4.56. The van der Waals surface area contributed by atoms with Crippen LogP contribution in [-0.2, 0) is 10.0 Å². The zero-order chi connectivity index (χ0) is 17.2. The summed E-state index contributed by atoms with van der Waals surface area (Å²) in [4.78, 5) is 2.11. The van der Waals surface area contributed by atoms with Gasteiger partial charge in [0.2, 0.25) is 0 Å². The van der Waals surface area contributed by atoms with E-state index in [4.69, 9.17) is 12.2 Å². The van der Waals surface area contributed by atoms with Crippen molar-refractivity contribution in [1.82, 2.24) is 14.5 Å². The standard InChI is InChI=1S/C16H25N3O2S3/c1-13-5-2-3-6-14(13)17-16(22)18-8-10-19(11-9-18)24(20,21)15-7-4-12-23-15/h4,7,12-14H,2-3,5-6,8-11H2,1H3,(H,17,22)/t13-,14-/m0/s1. The van der Waals surface area contributed by atoms with Crippen molar-refractivity contribution in [2.24, 2.45) is 5.92 Å². The van der Waals surface area contributed by atoms with Gasteiger partial charge in [-0.1, -0.05) is 25.8 Å². The number of thiocarbonyl (C=S) groups is 1. The third-order valence-electron chi connectivity index (χ3n) is 5.04. The maximum absolute atomic E-state index is 12.6. The quantitative estimate of drug-likeness (QED) is 0.808. The summed E-state index contributed by atoms with van der Waals surface area (Å²) in [6, 6.07) is 3.90. The Kier molecular flexibility index (Phi) is 5.79. The summed E-state index contributed by atoms with van der Waals surface area (Å²) >= 11 is 6.84.